The lowest BCUT2D eigenvalue weighted by Crippen LogP contribution is -2.15. The van der Waals surface area contributed by atoms with Gasteiger partial charge in [0.1, 0.15) is 17.5 Å². The van der Waals surface area contributed by atoms with E-state index in [1.807, 2.05) is 30.3 Å². The molecule has 0 aliphatic heterocycles. The molecule has 0 bridgehead atoms. The van der Waals surface area contributed by atoms with Crippen LogP contribution in [-0.2, 0) is 4.74 Å². The molecule has 1 unspecified atom stereocenters. The number of anilines is 1. The van der Waals surface area contributed by atoms with Gasteiger partial charge in [-0.05, 0) is 12.5 Å². The molecule has 0 aliphatic carbocycles. The van der Waals surface area contributed by atoms with Crippen molar-refractivity contribution in [1.29, 1.82) is 0 Å². The van der Waals surface area contributed by atoms with Crippen molar-refractivity contribution in [2.45, 2.75) is 13.0 Å². The molecule has 2 aromatic rings. The molecule has 0 saturated carbocycles. The van der Waals surface area contributed by atoms with Crippen LogP contribution in [0.1, 0.15) is 33.5 Å². The number of aromatic nitrogens is 2. The fraction of sp³-hybridized carbons (Fsp3) is 0.214. The van der Waals surface area contributed by atoms with Crippen molar-refractivity contribution in [2.24, 2.45) is 0 Å². The molecule has 0 aliphatic rings. The third kappa shape index (κ3) is 2.60. The fourth-order valence-electron chi connectivity index (χ4n) is 2.02. The van der Waals surface area contributed by atoms with E-state index in [0.29, 0.717) is 11.5 Å². The Morgan fingerprint density at radius 2 is 1.95 bits per heavy atom. The SMILES string of the molecule is COC(c1ccccc1)c1nc(C)c(C(=O)O)c(N)n1. The van der Waals surface area contributed by atoms with Crippen LogP contribution in [-0.4, -0.2) is 28.2 Å². The van der Waals surface area contributed by atoms with Gasteiger partial charge in [0.15, 0.2) is 5.82 Å². The van der Waals surface area contributed by atoms with Crippen LogP contribution in [0.3, 0.4) is 0 Å². The summed E-state index contributed by atoms with van der Waals surface area (Å²) >= 11 is 0. The van der Waals surface area contributed by atoms with Gasteiger partial charge in [-0.3, -0.25) is 0 Å². The van der Waals surface area contributed by atoms with Crippen molar-refractivity contribution in [3.8, 4) is 0 Å². The molecular weight excluding hydrogens is 258 g/mol. The number of aryl methyl sites for hydroxylation is 1. The largest absolute Gasteiger partial charge is 0.477 e. The standard InChI is InChI=1S/C14H15N3O3/c1-8-10(14(18)19)12(15)17-13(16-8)11(20-2)9-6-4-3-5-7-9/h3-7,11H,1-2H3,(H,18,19)(H2,15,16,17). The van der Waals surface area contributed by atoms with Crippen LogP contribution in [0, 0.1) is 6.92 Å². The average Bonchev–Trinajstić information content (AvgIpc) is 2.39. The molecule has 1 aromatic carbocycles. The van der Waals surface area contributed by atoms with Gasteiger partial charge in [0.05, 0.1) is 5.69 Å². The van der Waals surface area contributed by atoms with Gasteiger partial charge >= 0.3 is 5.97 Å². The number of benzene rings is 1. The van der Waals surface area contributed by atoms with Gasteiger partial charge in [0, 0.05) is 7.11 Å². The third-order valence-electron chi connectivity index (χ3n) is 2.92. The van der Waals surface area contributed by atoms with Crippen LogP contribution < -0.4 is 5.73 Å². The highest BCUT2D eigenvalue weighted by Gasteiger charge is 2.21. The van der Waals surface area contributed by atoms with E-state index >= 15 is 0 Å². The van der Waals surface area contributed by atoms with Crippen LogP contribution >= 0.6 is 0 Å². The first-order valence-corrected chi connectivity index (χ1v) is 5.99. The second kappa shape index (κ2) is 5.66. The first kappa shape index (κ1) is 14.0. The Bertz CT molecular complexity index is 606. The summed E-state index contributed by atoms with van der Waals surface area (Å²) in [6.45, 7) is 1.59. The monoisotopic (exact) mass is 273 g/mol. The number of nitrogens with two attached hydrogens (primary N) is 1. The predicted molar refractivity (Wildman–Crippen MR) is 73.4 cm³/mol. The highest BCUT2D eigenvalue weighted by atomic mass is 16.5. The molecule has 3 N–H and O–H groups in total. The Kier molecular flexibility index (Phi) is 3.95. The van der Waals surface area contributed by atoms with Crippen molar-refractivity contribution in [3.05, 3.63) is 53.0 Å². The maximum absolute atomic E-state index is 11.1. The summed E-state index contributed by atoms with van der Waals surface area (Å²) in [6, 6.07) is 9.42. The van der Waals surface area contributed by atoms with Crippen molar-refractivity contribution < 1.29 is 14.6 Å². The van der Waals surface area contributed by atoms with Crippen molar-refractivity contribution >= 4 is 11.8 Å². The van der Waals surface area contributed by atoms with E-state index in [4.69, 9.17) is 15.6 Å². The van der Waals surface area contributed by atoms with Crippen LogP contribution in [0.2, 0.25) is 0 Å². The molecule has 0 spiro atoms. The smallest absolute Gasteiger partial charge is 0.341 e. The van der Waals surface area contributed by atoms with Crippen LogP contribution in [0.5, 0.6) is 0 Å². The van der Waals surface area contributed by atoms with Gasteiger partial charge < -0.3 is 15.6 Å². The summed E-state index contributed by atoms with van der Waals surface area (Å²) in [6.07, 6.45) is -0.486. The first-order valence-electron chi connectivity index (χ1n) is 5.99. The zero-order valence-electron chi connectivity index (χ0n) is 11.2. The first-order chi connectivity index (χ1) is 9.54. The number of ether oxygens (including phenoxy) is 1. The summed E-state index contributed by atoms with van der Waals surface area (Å²) in [5, 5.41) is 9.06. The van der Waals surface area contributed by atoms with Gasteiger partial charge in [0.25, 0.3) is 0 Å². The van der Waals surface area contributed by atoms with Gasteiger partial charge in [-0.15, -0.1) is 0 Å². The maximum atomic E-state index is 11.1. The molecule has 0 saturated heterocycles. The Morgan fingerprint density at radius 1 is 1.30 bits per heavy atom. The van der Waals surface area contributed by atoms with Gasteiger partial charge in [-0.1, -0.05) is 30.3 Å². The number of hydrogen-bond acceptors (Lipinski definition) is 5. The van der Waals surface area contributed by atoms with E-state index in [0.717, 1.165) is 5.56 Å². The van der Waals surface area contributed by atoms with E-state index in [1.165, 1.54) is 7.11 Å². The molecule has 2 rings (SSSR count). The second-order valence-electron chi connectivity index (χ2n) is 4.26. The number of carbonyl (C=O) groups is 1. The van der Waals surface area contributed by atoms with Gasteiger partial charge in [0.2, 0.25) is 0 Å². The molecule has 0 fully saturated rings. The summed E-state index contributed by atoms with van der Waals surface area (Å²) in [5.74, 6) is -0.850. The fourth-order valence-corrected chi connectivity index (χ4v) is 2.02. The number of nitrogen functional groups attached to an aromatic ring is 1. The van der Waals surface area contributed by atoms with Crippen molar-refractivity contribution in [3.63, 3.8) is 0 Å². The van der Waals surface area contributed by atoms with E-state index in [1.54, 1.807) is 6.92 Å². The minimum Gasteiger partial charge on any atom is -0.477 e. The number of hydrogen-bond donors (Lipinski definition) is 2. The molecular formula is C14H15N3O3. The Balaban J connectivity index is 2.49. The van der Waals surface area contributed by atoms with Crippen LogP contribution in [0.15, 0.2) is 30.3 Å². The zero-order chi connectivity index (χ0) is 14.7. The second-order valence-corrected chi connectivity index (χ2v) is 4.26. The van der Waals surface area contributed by atoms with Crippen LogP contribution in [0.25, 0.3) is 0 Å². The lowest BCUT2D eigenvalue weighted by Gasteiger charge is -2.16. The van der Waals surface area contributed by atoms with E-state index < -0.39 is 12.1 Å². The highest BCUT2D eigenvalue weighted by Crippen LogP contribution is 2.24. The summed E-state index contributed by atoms with van der Waals surface area (Å²) < 4.78 is 5.40. The summed E-state index contributed by atoms with van der Waals surface area (Å²) in [5.41, 5.74) is 6.82. The highest BCUT2D eigenvalue weighted by molar-refractivity contribution is 5.93. The number of carboxylic acids is 1. The topological polar surface area (TPSA) is 98.3 Å². The van der Waals surface area contributed by atoms with E-state index in [2.05, 4.69) is 9.97 Å². The van der Waals surface area contributed by atoms with Gasteiger partial charge in [-0.2, -0.15) is 0 Å². The Labute approximate surface area is 116 Å². The molecule has 20 heavy (non-hydrogen) atoms. The Morgan fingerprint density at radius 3 is 2.45 bits per heavy atom. The molecule has 1 atom stereocenters. The lowest BCUT2D eigenvalue weighted by atomic mass is 10.1. The maximum Gasteiger partial charge on any atom is 0.341 e. The Hall–Kier alpha value is -2.47. The number of carboxylic acid groups (broad SMARTS) is 1. The predicted octanol–water partition coefficient (Wildman–Crippen LogP) is 1.80. The number of aromatic carboxylic acids is 1. The van der Waals surface area contributed by atoms with Crippen LogP contribution in [0.4, 0.5) is 5.82 Å². The lowest BCUT2D eigenvalue weighted by molar-refractivity contribution is 0.0695. The summed E-state index contributed by atoms with van der Waals surface area (Å²) in [7, 11) is 1.54. The number of rotatable bonds is 4. The molecule has 104 valence electrons. The summed E-state index contributed by atoms with van der Waals surface area (Å²) in [4.78, 5) is 19.3. The normalized spacial score (nSPS) is 12.1. The minimum atomic E-state index is -1.14. The molecule has 6 heteroatoms. The molecule has 1 heterocycles. The molecule has 6 nitrogen and oxygen atoms in total. The zero-order valence-corrected chi connectivity index (χ0v) is 11.2. The third-order valence-corrected chi connectivity index (χ3v) is 2.92. The number of nitrogens with zero attached hydrogens (tertiary/aromatic N) is 2. The molecule has 0 amide bonds. The minimum absolute atomic E-state index is 0.0574. The number of methoxy groups -OCH3 is 1. The average molecular weight is 273 g/mol. The van der Waals surface area contributed by atoms with E-state index in [9.17, 15) is 4.79 Å². The van der Waals surface area contributed by atoms with Crippen molar-refractivity contribution in [1.82, 2.24) is 9.97 Å². The quantitative estimate of drug-likeness (QED) is 0.881. The molecule has 0 radical (unpaired) electrons. The van der Waals surface area contributed by atoms with E-state index in [-0.39, 0.29) is 11.4 Å². The van der Waals surface area contributed by atoms with Gasteiger partial charge in [-0.25, -0.2) is 14.8 Å². The molecule has 1 aromatic heterocycles. The van der Waals surface area contributed by atoms with Crippen molar-refractivity contribution in [2.75, 3.05) is 12.8 Å².